The van der Waals surface area contributed by atoms with Crippen LogP contribution in [0.15, 0.2) is 71.2 Å². The SMILES string of the molecule is O=C(Nc1ccc(C(=O)N2CCc3ccccc32)cc1)c1cc(Br)ccc1F. The molecule has 1 N–H and O–H groups in total. The van der Waals surface area contributed by atoms with Crippen molar-refractivity contribution in [3.63, 3.8) is 0 Å². The predicted octanol–water partition coefficient (Wildman–Crippen LogP) is 5.04. The number of carbonyl (C=O) groups excluding carboxylic acids is 2. The van der Waals surface area contributed by atoms with Crippen LogP contribution in [0.1, 0.15) is 26.3 Å². The van der Waals surface area contributed by atoms with Gasteiger partial charge in [-0.3, -0.25) is 9.59 Å². The van der Waals surface area contributed by atoms with Crippen LogP contribution in [0, 0.1) is 5.82 Å². The first-order chi connectivity index (χ1) is 13.5. The molecular weight excluding hydrogens is 423 g/mol. The lowest BCUT2D eigenvalue weighted by Crippen LogP contribution is -2.28. The Kier molecular flexibility index (Phi) is 4.96. The van der Waals surface area contributed by atoms with Gasteiger partial charge in [0.15, 0.2) is 0 Å². The van der Waals surface area contributed by atoms with Gasteiger partial charge in [0, 0.05) is 28.0 Å². The van der Waals surface area contributed by atoms with Crippen LogP contribution in [-0.2, 0) is 6.42 Å². The minimum absolute atomic E-state index is 0.0526. The first kappa shape index (κ1) is 18.4. The van der Waals surface area contributed by atoms with Crippen LogP contribution in [0.25, 0.3) is 0 Å². The normalized spacial score (nSPS) is 12.6. The molecule has 0 spiro atoms. The Morgan fingerprint density at radius 3 is 2.54 bits per heavy atom. The molecule has 0 saturated carbocycles. The minimum atomic E-state index is -0.597. The average molecular weight is 439 g/mol. The number of benzene rings is 3. The van der Waals surface area contributed by atoms with E-state index in [-0.39, 0.29) is 11.5 Å². The van der Waals surface area contributed by atoms with Gasteiger partial charge in [-0.25, -0.2) is 4.39 Å². The van der Waals surface area contributed by atoms with Crippen LogP contribution < -0.4 is 10.2 Å². The molecule has 0 unspecified atom stereocenters. The van der Waals surface area contributed by atoms with Crippen LogP contribution in [0.3, 0.4) is 0 Å². The molecule has 1 aliphatic rings. The maximum absolute atomic E-state index is 13.9. The second-order valence-electron chi connectivity index (χ2n) is 6.49. The Morgan fingerprint density at radius 1 is 1.00 bits per heavy atom. The molecule has 4 nitrogen and oxygen atoms in total. The van der Waals surface area contributed by atoms with E-state index in [0.29, 0.717) is 22.3 Å². The summed E-state index contributed by atoms with van der Waals surface area (Å²) in [7, 11) is 0. The van der Waals surface area contributed by atoms with Crippen molar-refractivity contribution in [2.45, 2.75) is 6.42 Å². The number of rotatable bonds is 3. The van der Waals surface area contributed by atoms with Gasteiger partial charge in [0.25, 0.3) is 11.8 Å². The van der Waals surface area contributed by atoms with E-state index < -0.39 is 11.7 Å². The van der Waals surface area contributed by atoms with E-state index in [1.165, 1.54) is 18.2 Å². The van der Waals surface area contributed by atoms with Crippen LogP contribution in [0.2, 0.25) is 0 Å². The van der Waals surface area contributed by atoms with Crippen molar-refractivity contribution >= 4 is 39.1 Å². The first-order valence-electron chi connectivity index (χ1n) is 8.79. The van der Waals surface area contributed by atoms with Gasteiger partial charge in [-0.1, -0.05) is 34.1 Å². The highest BCUT2D eigenvalue weighted by Crippen LogP contribution is 2.29. The van der Waals surface area contributed by atoms with Gasteiger partial charge in [0.1, 0.15) is 5.82 Å². The Labute approximate surface area is 170 Å². The molecule has 3 aromatic carbocycles. The standard InChI is InChI=1S/C22H16BrFN2O2/c23-16-7-10-19(24)18(13-16)21(27)25-17-8-5-15(6-9-17)22(28)26-12-11-14-3-1-2-4-20(14)26/h1-10,13H,11-12H2,(H,25,27). The van der Waals surface area contributed by atoms with E-state index in [4.69, 9.17) is 0 Å². The van der Waals surface area contributed by atoms with E-state index in [9.17, 15) is 14.0 Å². The van der Waals surface area contributed by atoms with Crippen molar-refractivity contribution in [1.29, 1.82) is 0 Å². The zero-order valence-electron chi connectivity index (χ0n) is 14.8. The van der Waals surface area contributed by atoms with Gasteiger partial charge in [-0.05, 0) is 60.5 Å². The third-order valence-electron chi connectivity index (χ3n) is 4.70. The van der Waals surface area contributed by atoms with Crippen LogP contribution in [0.5, 0.6) is 0 Å². The summed E-state index contributed by atoms with van der Waals surface area (Å²) in [4.78, 5) is 26.9. The lowest BCUT2D eigenvalue weighted by atomic mass is 10.1. The Morgan fingerprint density at radius 2 is 1.75 bits per heavy atom. The number of hydrogen-bond acceptors (Lipinski definition) is 2. The number of nitrogens with one attached hydrogen (secondary N) is 1. The molecule has 2 amide bonds. The fourth-order valence-electron chi connectivity index (χ4n) is 3.27. The lowest BCUT2D eigenvalue weighted by Gasteiger charge is -2.17. The van der Waals surface area contributed by atoms with Gasteiger partial charge >= 0.3 is 0 Å². The second-order valence-corrected chi connectivity index (χ2v) is 7.41. The fraction of sp³-hybridized carbons (Fsp3) is 0.0909. The molecule has 4 rings (SSSR count). The third-order valence-corrected chi connectivity index (χ3v) is 5.19. The molecule has 1 aliphatic heterocycles. The van der Waals surface area contributed by atoms with E-state index in [1.807, 2.05) is 24.3 Å². The molecule has 0 fully saturated rings. The molecule has 28 heavy (non-hydrogen) atoms. The van der Waals surface area contributed by atoms with E-state index in [0.717, 1.165) is 17.7 Å². The van der Waals surface area contributed by atoms with E-state index in [1.54, 1.807) is 29.2 Å². The van der Waals surface area contributed by atoms with Gasteiger partial charge in [-0.2, -0.15) is 0 Å². The summed E-state index contributed by atoms with van der Waals surface area (Å²) in [5.41, 5.74) is 3.07. The lowest BCUT2D eigenvalue weighted by molar-refractivity contribution is 0.0988. The zero-order valence-corrected chi connectivity index (χ0v) is 16.4. The number of carbonyl (C=O) groups is 2. The molecule has 0 saturated heterocycles. The maximum atomic E-state index is 13.9. The average Bonchev–Trinajstić information content (AvgIpc) is 3.14. The van der Waals surface area contributed by atoms with Crippen molar-refractivity contribution in [3.8, 4) is 0 Å². The largest absolute Gasteiger partial charge is 0.322 e. The Bertz CT molecular complexity index is 1070. The summed E-state index contributed by atoms with van der Waals surface area (Å²) in [5.74, 6) is -1.23. The topological polar surface area (TPSA) is 49.4 Å². The first-order valence-corrected chi connectivity index (χ1v) is 9.58. The number of amides is 2. The quantitative estimate of drug-likeness (QED) is 0.622. The molecule has 0 atom stereocenters. The highest BCUT2D eigenvalue weighted by atomic mass is 79.9. The smallest absolute Gasteiger partial charge is 0.258 e. The summed E-state index contributed by atoms with van der Waals surface area (Å²) >= 11 is 3.23. The van der Waals surface area contributed by atoms with E-state index in [2.05, 4.69) is 21.2 Å². The third kappa shape index (κ3) is 3.55. The molecule has 0 aliphatic carbocycles. The fourth-order valence-corrected chi connectivity index (χ4v) is 3.63. The van der Waals surface area contributed by atoms with Crippen LogP contribution >= 0.6 is 15.9 Å². The molecule has 3 aromatic rings. The second kappa shape index (κ2) is 7.56. The zero-order chi connectivity index (χ0) is 19.7. The number of hydrogen-bond donors (Lipinski definition) is 1. The van der Waals surface area contributed by atoms with Gasteiger partial charge in [-0.15, -0.1) is 0 Å². The Hall–Kier alpha value is -2.99. The predicted molar refractivity (Wildman–Crippen MR) is 110 cm³/mol. The number of para-hydroxylation sites is 1. The van der Waals surface area contributed by atoms with Crippen LogP contribution in [0.4, 0.5) is 15.8 Å². The maximum Gasteiger partial charge on any atom is 0.258 e. The summed E-state index contributed by atoms with van der Waals surface area (Å²) in [5, 5.41) is 2.65. The van der Waals surface area contributed by atoms with Crippen molar-refractivity contribution in [2.75, 3.05) is 16.8 Å². The summed E-state index contributed by atoms with van der Waals surface area (Å²) in [6.45, 7) is 0.652. The molecule has 0 aromatic heterocycles. The summed E-state index contributed by atoms with van der Waals surface area (Å²) < 4.78 is 14.5. The molecule has 1 heterocycles. The number of halogens is 2. The van der Waals surface area contributed by atoms with Crippen LogP contribution in [-0.4, -0.2) is 18.4 Å². The molecule has 0 radical (unpaired) electrons. The highest BCUT2D eigenvalue weighted by molar-refractivity contribution is 9.10. The molecule has 6 heteroatoms. The molecule has 140 valence electrons. The monoisotopic (exact) mass is 438 g/mol. The van der Waals surface area contributed by atoms with Crippen molar-refractivity contribution in [3.05, 3.63) is 93.7 Å². The van der Waals surface area contributed by atoms with Gasteiger partial charge in [0.05, 0.1) is 5.56 Å². The molecule has 0 bridgehead atoms. The Balaban J connectivity index is 1.49. The highest BCUT2D eigenvalue weighted by Gasteiger charge is 2.25. The number of anilines is 2. The van der Waals surface area contributed by atoms with Gasteiger partial charge < -0.3 is 10.2 Å². The molecular formula is C22H16BrFN2O2. The van der Waals surface area contributed by atoms with E-state index >= 15 is 0 Å². The summed E-state index contributed by atoms with van der Waals surface area (Å²) in [6, 6.07) is 18.7. The minimum Gasteiger partial charge on any atom is -0.322 e. The van der Waals surface area contributed by atoms with Crippen molar-refractivity contribution < 1.29 is 14.0 Å². The van der Waals surface area contributed by atoms with Crippen molar-refractivity contribution in [1.82, 2.24) is 0 Å². The number of fused-ring (bicyclic) bond motifs is 1. The van der Waals surface area contributed by atoms with Crippen molar-refractivity contribution in [2.24, 2.45) is 0 Å². The van der Waals surface area contributed by atoms with Gasteiger partial charge in [0.2, 0.25) is 0 Å². The number of nitrogens with zero attached hydrogens (tertiary/aromatic N) is 1. The summed E-state index contributed by atoms with van der Waals surface area (Å²) in [6.07, 6.45) is 0.842.